The predicted octanol–water partition coefficient (Wildman–Crippen LogP) is 1.83. The van der Waals surface area contributed by atoms with Crippen molar-refractivity contribution in [2.75, 3.05) is 0 Å². The van der Waals surface area contributed by atoms with Crippen molar-refractivity contribution in [2.24, 2.45) is 0 Å². The van der Waals surface area contributed by atoms with Gasteiger partial charge in [-0.3, -0.25) is 4.68 Å². The van der Waals surface area contributed by atoms with E-state index in [1.165, 1.54) is 0 Å². The van der Waals surface area contributed by atoms with Crippen molar-refractivity contribution >= 4 is 0 Å². The molecule has 1 rings (SSSR count). The summed E-state index contributed by atoms with van der Waals surface area (Å²) in [6.45, 7) is 7.81. The minimum Gasteiger partial charge on any atom is -0.389 e. The van der Waals surface area contributed by atoms with Crippen LogP contribution in [0.25, 0.3) is 0 Å². The average molecular weight is 168 g/mol. The van der Waals surface area contributed by atoms with E-state index in [1.807, 2.05) is 17.8 Å². The van der Waals surface area contributed by atoms with Gasteiger partial charge in [-0.05, 0) is 27.7 Å². The first-order valence-electron chi connectivity index (χ1n) is 4.26. The first-order valence-corrected chi connectivity index (χ1v) is 4.26. The quantitative estimate of drug-likeness (QED) is 0.731. The molecule has 0 saturated carbocycles. The Kier molecular flexibility index (Phi) is 2.52. The zero-order valence-electron chi connectivity index (χ0n) is 8.07. The molecule has 1 N–H and O–H groups in total. The monoisotopic (exact) mass is 168 g/mol. The van der Waals surface area contributed by atoms with Crippen LogP contribution in [0.1, 0.15) is 44.2 Å². The molecule has 1 heterocycles. The molecule has 0 saturated heterocycles. The zero-order chi connectivity index (χ0) is 9.30. The molecular weight excluding hydrogens is 152 g/mol. The number of aryl methyl sites for hydroxylation is 1. The molecule has 12 heavy (non-hydrogen) atoms. The van der Waals surface area contributed by atoms with Crippen LogP contribution >= 0.6 is 0 Å². The van der Waals surface area contributed by atoms with E-state index in [4.69, 9.17) is 0 Å². The molecule has 3 heteroatoms. The van der Waals surface area contributed by atoms with E-state index in [9.17, 15) is 5.11 Å². The van der Waals surface area contributed by atoms with Gasteiger partial charge >= 0.3 is 0 Å². The molecule has 1 aromatic rings. The van der Waals surface area contributed by atoms with E-state index < -0.39 is 6.10 Å². The van der Waals surface area contributed by atoms with Crippen LogP contribution in [0.2, 0.25) is 0 Å². The van der Waals surface area contributed by atoms with Crippen molar-refractivity contribution in [1.82, 2.24) is 9.78 Å². The first kappa shape index (κ1) is 9.26. The average Bonchev–Trinajstić information content (AvgIpc) is 2.30. The molecule has 1 atom stereocenters. The van der Waals surface area contributed by atoms with Crippen LogP contribution in [-0.2, 0) is 0 Å². The Balaban J connectivity index is 3.00. The van der Waals surface area contributed by atoms with Gasteiger partial charge in [0.25, 0.3) is 0 Å². The molecule has 0 aliphatic carbocycles. The molecule has 0 radical (unpaired) electrons. The van der Waals surface area contributed by atoms with Crippen molar-refractivity contribution in [3.63, 3.8) is 0 Å². The highest BCUT2D eigenvalue weighted by atomic mass is 16.3. The molecular formula is C9H16N2O. The van der Waals surface area contributed by atoms with Gasteiger partial charge in [-0.2, -0.15) is 5.10 Å². The van der Waals surface area contributed by atoms with E-state index in [0.29, 0.717) is 6.04 Å². The Morgan fingerprint density at radius 2 is 2.00 bits per heavy atom. The molecule has 0 bridgehead atoms. The molecule has 0 aliphatic heterocycles. The second kappa shape index (κ2) is 3.27. The highest BCUT2D eigenvalue weighted by molar-refractivity contribution is 5.17. The number of nitrogens with zero attached hydrogens (tertiary/aromatic N) is 2. The van der Waals surface area contributed by atoms with Crippen molar-refractivity contribution in [3.05, 3.63) is 17.5 Å². The Bertz CT molecular complexity index is 263. The topological polar surface area (TPSA) is 38.0 Å². The third-order valence-electron chi connectivity index (χ3n) is 1.93. The van der Waals surface area contributed by atoms with E-state index in [0.717, 1.165) is 11.3 Å². The van der Waals surface area contributed by atoms with E-state index in [1.54, 1.807) is 6.92 Å². The van der Waals surface area contributed by atoms with Gasteiger partial charge in [0.15, 0.2) is 0 Å². The van der Waals surface area contributed by atoms with Gasteiger partial charge < -0.3 is 5.11 Å². The molecule has 1 unspecified atom stereocenters. The summed E-state index contributed by atoms with van der Waals surface area (Å²) in [5.74, 6) is 0. The third-order valence-corrected chi connectivity index (χ3v) is 1.93. The largest absolute Gasteiger partial charge is 0.389 e. The Morgan fingerprint density at radius 1 is 1.42 bits per heavy atom. The normalized spacial score (nSPS) is 13.8. The summed E-state index contributed by atoms with van der Waals surface area (Å²) in [7, 11) is 0. The number of aliphatic hydroxyl groups excluding tert-OH is 1. The van der Waals surface area contributed by atoms with Crippen LogP contribution in [-0.4, -0.2) is 14.9 Å². The summed E-state index contributed by atoms with van der Waals surface area (Å²) in [6.07, 6.45) is 1.49. The van der Waals surface area contributed by atoms with Gasteiger partial charge in [0.1, 0.15) is 0 Å². The van der Waals surface area contributed by atoms with Gasteiger partial charge in [0, 0.05) is 17.8 Å². The zero-order valence-corrected chi connectivity index (χ0v) is 8.07. The maximum atomic E-state index is 9.35. The molecule has 0 aliphatic rings. The summed E-state index contributed by atoms with van der Waals surface area (Å²) in [5.41, 5.74) is 1.84. The lowest BCUT2D eigenvalue weighted by molar-refractivity contribution is 0.198. The second-order valence-corrected chi connectivity index (χ2v) is 3.42. The first-order chi connectivity index (χ1) is 5.52. The van der Waals surface area contributed by atoms with Crippen LogP contribution in [0, 0.1) is 6.92 Å². The maximum absolute atomic E-state index is 9.35. The van der Waals surface area contributed by atoms with Crippen molar-refractivity contribution in [1.29, 1.82) is 0 Å². The SMILES string of the molecule is Cc1nn(C(C)C)cc1C(C)O. The van der Waals surface area contributed by atoms with Crippen molar-refractivity contribution < 1.29 is 5.11 Å². The molecule has 3 nitrogen and oxygen atoms in total. The number of aliphatic hydroxyl groups is 1. The Hall–Kier alpha value is -0.830. The van der Waals surface area contributed by atoms with Gasteiger partial charge in [0.2, 0.25) is 0 Å². The number of rotatable bonds is 2. The van der Waals surface area contributed by atoms with Crippen molar-refractivity contribution in [3.8, 4) is 0 Å². The minimum absolute atomic E-state index is 0.358. The molecule has 0 aromatic carbocycles. The summed E-state index contributed by atoms with van der Waals surface area (Å²) < 4.78 is 1.87. The standard InChI is InChI=1S/C9H16N2O/c1-6(2)11-5-9(8(4)12)7(3)10-11/h5-6,8,12H,1-4H3. The molecule has 0 spiro atoms. The number of aromatic nitrogens is 2. The second-order valence-electron chi connectivity index (χ2n) is 3.42. The third kappa shape index (κ3) is 1.67. The van der Waals surface area contributed by atoms with Gasteiger partial charge in [-0.25, -0.2) is 0 Å². The van der Waals surface area contributed by atoms with Gasteiger partial charge in [0.05, 0.1) is 11.8 Å². The van der Waals surface area contributed by atoms with Gasteiger partial charge in [-0.1, -0.05) is 0 Å². The lowest BCUT2D eigenvalue weighted by atomic mass is 10.2. The fourth-order valence-corrected chi connectivity index (χ4v) is 1.17. The summed E-state index contributed by atoms with van der Waals surface area (Å²) in [4.78, 5) is 0. The van der Waals surface area contributed by atoms with Gasteiger partial charge in [-0.15, -0.1) is 0 Å². The number of hydrogen-bond acceptors (Lipinski definition) is 2. The van der Waals surface area contributed by atoms with E-state index in [-0.39, 0.29) is 0 Å². The summed E-state index contributed by atoms with van der Waals surface area (Å²) >= 11 is 0. The summed E-state index contributed by atoms with van der Waals surface area (Å²) in [5, 5.41) is 13.6. The fraction of sp³-hybridized carbons (Fsp3) is 0.667. The lowest BCUT2D eigenvalue weighted by Gasteiger charge is -2.03. The maximum Gasteiger partial charge on any atom is 0.0795 e. The van der Waals surface area contributed by atoms with Crippen molar-refractivity contribution in [2.45, 2.75) is 39.8 Å². The minimum atomic E-state index is -0.419. The lowest BCUT2D eigenvalue weighted by Crippen LogP contribution is -2.00. The molecule has 0 amide bonds. The fourth-order valence-electron chi connectivity index (χ4n) is 1.17. The summed E-state index contributed by atoms with van der Waals surface area (Å²) in [6, 6.07) is 0.358. The Morgan fingerprint density at radius 3 is 2.25 bits per heavy atom. The van der Waals surface area contributed by atoms with Crippen LogP contribution in [0.5, 0.6) is 0 Å². The Labute approximate surface area is 73.0 Å². The van der Waals surface area contributed by atoms with Crippen LogP contribution in [0.15, 0.2) is 6.20 Å². The van der Waals surface area contributed by atoms with E-state index in [2.05, 4.69) is 18.9 Å². The molecule has 68 valence electrons. The molecule has 0 fully saturated rings. The van der Waals surface area contributed by atoms with E-state index >= 15 is 0 Å². The number of hydrogen-bond donors (Lipinski definition) is 1. The highest BCUT2D eigenvalue weighted by Crippen LogP contribution is 2.17. The van der Waals surface area contributed by atoms with Crippen LogP contribution < -0.4 is 0 Å². The predicted molar refractivity (Wildman–Crippen MR) is 48.0 cm³/mol. The smallest absolute Gasteiger partial charge is 0.0795 e. The molecule has 1 aromatic heterocycles. The highest BCUT2D eigenvalue weighted by Gasteiger charge is 2.10. The van der Waals surface area contributed by atoms with Crippen LogP contribution in [0.4, 0.5) is 0 Å². The van der Waals surface area contributed by atoms with Crippen LogP contribution in [0.3, 0.4) is 0 Å².